The number of carbonyl (C=O) groups is 4. The fourth-order valence-electron chi connectivity index (χ4n) is 6.02. The van der Waals surface area contributed by atoms with Crippen molar-refractivity contribution in [3.05, 3.63) is 48.3 Å². The highest BCUT2D eigenvalue weighted by Gasteiger charge is 2.51. The molecule has 2 aliphatic heterocycles. The van der Waals surface area contributed by atoms with E-state index in [-0.39, 0.29) is 62.2 Å². The van der Waals surface area contributed by atoms with Crippen LogP contribution in [0.4, 0.5) is 9.18 Å². The lowest BCUT2D eigenvalue weighted by Crippen LogP contribution is -2.76. The number of carbonyl (C=O) groups excluding carboxylic acids is 4. The van der Waals surface area contributed by atoms with Crippen molar-refractivity contribution in [1.82, 2.24) is 25.1 Å². The van der Waals surface area contributed by atoms with Crippen LogP contribution in [0.15, 0.2) is 36.9 Å². The van der Waals surface area contributed by atoms with Gasteiger partial charge in [-0.2, -0.15) is 0 Å². The molecule has 1 aromatic carbocycles. The molecule has 0 spiro atoms. The molecule has 1 aliphatic carbocycles. The Kier molecular flexibility index (Phi) is 10.1. The van der Waals surface area contributed by atoms with Crippen LogP contribution in [0.1, 0.15) is 56.9 Å². The summed E-state index contributed by atoms with van der Waals surface area (Å²) in [5.74, 6) is -0.772. The molecular formula is C29H40FN5O5. The SMILES string of the molecule is C=CCOC(=O)NCCC[C@H]1C(=O)N(C2CCCCC2)C[C@H]2N1C(=O)CN(C)N2C(=O)CCc1ccc(F)cc1. The fourth-order valence-corrected chi connectivity index (χ4v) is 6.02. The minimum Gasteiger partial charge on any atom is -0.445 e. The number of fused-ring (bicyclic) bond motifs is 1. The summed E-state index contributed by atoms with van der Waals surface area (Å²) in [6.45, 7) is 4.16. The normalized spacial score (nSPS) is 22.2. The smallest absolute Gasteiger partial charge is 0.407 e. The Morgan fingerprint density at radius 3 is 2.58 bits per heavy atom. The van der Waals surface area contributed by atoms with Gasteiger partial charge in [-0.25, -0.2) is 14.2 Å². The maximum atomic E-state index is 13.9. The van der Waals surface area contributed by atoms with Crippen molar-refractivity contribution in [2.75, 3.05) is 33.3 Å². The average Bonchev–Trinajstić information content (AvgIpc) is 2.95. The van der Waals surface area contributed by atoms with Crippen LogP contribution in [0.25, 0.3) is 0 Å². The van der Waals surface area contributed by atoms with Gasteiger partial charge in [-0.1, -0.05) is 44.1 Å². The second kappa shape index (κ2) is 13.7. The number of hydrogen-bond donors (Lipinski definition) is 1. The molecule has 11 heteroatoms. The summed E-state index contributed by atoms with van der Waals surface area (Å²) in [7, 11) is 1.72. The Hall–Kier alpha value is -3.47. The second-order valence-electron chi connectivity index (χ2n) is 10.7. The van der Waals surface area contributed by atoms with Crippen LogP contribution < -0.4 is 5.32 Å². The molecule has 4 rings (SSSR count). The number of hydrazine groups is 1. The Labute approximate surface area is 235 Å². The molecule has 0 radical (unpaired) electrons. The molecule has 2 heterocycles. The number of hydrogen-bond acceptors (Lipinski definition) is 6. The van der Waals surface area contributed by atoms with E-state index in [1.54, 1.807) is 34.1 Å². The van der Waals surface area contributed by atoms with Crippen LogP contribution in [0.3, 0.4) is 0 Å². The highest BCUT2D eigenvalue weighted by molar-refractivity contribution is 5.91. The van der Waals surface area contributed by atoms with Gasteiger partial charge >= 0.3 is 6.09 Å². The van der Waals surface area contributed by atoms with Gasteiger partial charge in [0.1, 0.15) is 24.6 Å². The number of halogens is 1. The third-order valence-corrected chi connectivity index (χ3v) is 7.95. The summed E-state index contributed by atoms with van der Waals surface area (Å²) in [6.07, 6.45) is 6.79. The predicted molar refractivity (Wildman–Crippen MR) is 146 cm³/mol. The van der Waals surface area contributed by atoms with Crippen LogP contribution in [0.5, 0.6) is 0 Å². The fraction of sp³-hybridized carbons (Fsp3) is 0.586. The van der Waals surface area contributed by atoms with Crippen LogP contribution >= 0.6 is 0 Å². The van der Waals surface area contributed by atoms with Crippen LogP contribution in [0.2, 0.25) is 0 Å². The van der Waals surface area contributed by atoms with E-state index in [0.717, 1.165) is 37.7 Å². The van der Waals surface area contributed by atoms with Gasteiger partial charge in [-0.3, -0.25) is 19.4 Å². The molecule has 0 bridgehead atoms. The molecule has 0 aromatic heterocycles. The largest absolute Gasteiger partial charge is 0.445 e. The lowest BCUT2D eigenvalue weighted by atomic mass is 9.91. The first kappa shape index (κ1) is 29.5. The summed E-state index contributed by atoms with van der Waals surface area (Å²) in [4.78, 5) is 56.1. The van der Waals surface area contributed by atoms with Crippen molar-refractivity contribution in [3.8, 4) is 0 Å². The van der Waals surface area contributed by atoms with Crippen molar-refractivity contribution in [2.45, 2.75) is 76.0 Å². The van der Waals surface area contributed by atoms with Gasteiger partial charge in [0.15, 0.2) is 0 Å². The van der Waals surface area contributed by atoms with Gasteiger partial charge in [0.05, 0.1) is 13.1 Å². The minimum atomic E-state index is -0.722. The van der Waals surface area contributed by atoms with E-state index in [9.17, 15) is 23.6 Å². The number of ether oxygens (including phenoxy) is 1. The topological polar surface area (TPSA) is 102 Å². The molecule has 3 aliphatic rings. The van der Waals surface area contributed by atoms with Gasteiger partial charge in [-0.15, -0.1) is 0 Å². The number of likely N-dealkylation sites (N-methyl/N-ethyl adjacent to an activating group) is 1. The quantitative estimate of drug-likeness (QED) is 0.351. The summed E-state index contributed by atoms with van der Waals surface area (Å²) < 4.78 is 18.3. The Morgan fingerprint density at radius 1 is 1.15 bits per heavy atom. The maximum Gasteiger partial charge on any atom is 0.407 e. The average molecular weight is 558 g/mol. The number of nitrogens with one attached hydrogen (secondary N) is 1. The number of rotatable bonds is 10. The van der Waals surface area contributed by atoms with Crippen molar-refractivity contribution < 1.29 is 28.3 Å². The van der Waals surface area contributed by atoms with Crippen molar-refractivity contribution >= 4 is 23.8 Å². The molecule has 10 nitrogen and oxygen atoms in total. The second-order valence-corrected chi connectivity index (χ2v) is 10.7. The van der Waals surface area contributed by atoms with Crippen LogP contribution in [0, 0.1) is 5.82 Å². The van der Waals surface area contributed by atoms with E-state index >= 15 is 0 Å². The molecule has 1 N–H and O–H groups in total. The third kappa shape index (κ3) is 6.99. The Bertz CT molecular complexity index is 1080. The zero-order valence-corrected chi connectivity index (χ0v) is 23.2. The van der Waals surface area contributed by atoms with Gasteiger partial charge in [0.2, 0.25) is 17.7 Å². The van der Waals surface area contributed by atoms with E-state index in [2.05, 4.69) is 11.9 Å². The zero-order chi connectivity index (χ0) is 28.6. The molecule has 4 amide bonds. The lowest BCUT2D eigenvalue weighted by Gasteiger charge is -2.56. The van der Waals surface area contributed by atoms with E-state index < -0.39 is 18.3 Å². The van der Waals surface area contributed by atoms with Crippen molar-refractivity contribution in [2.24, 2.45) is 0 Å². The maximum absolute atomic E-state index is 13.9. The minimum absolute atomic E-state index is 0.0157. The van der Waals surface area contributed by atoms with E-state index in [1.807, 2.05) is 4.90 Å². The number of benzene rings is 1. The van der Waals surface area contributed by atoms with E-state index in [1.165, 1.54) is 18.2 Å². The molecular weight excluding hydrogens is 517 g/mol. The summed E-state index contributed by atoms with van der Waals surface area (Å²) in [5, 5.41) is 5.95. The number of piperazine rings is 1. The Balaban J connectivity index is 1.51. The number of aryl methyl sites for hydroxylation is 1. The molecule has 3 fully saturated rings. The molecule has 218 valence electrons. The van der Waals surface area contributed by atoms with Gasteiger partial charge in [0, 0.05) is 26.1 Å². The highest BCUT2D eigenvalue weighted by atomic mass is 19.1. The standard InChI is InChI=1S/C29H40FN5O5/c1-3-18-40-29(39)31-17-7-10-24-28(38)33(23-8-5-4-6-9-23)19-25-34(24)27(37)20-32(2)35(25)26(36)16-13-21-11-14-22(30)15-12-21/h3,11-12,14-15,23-25H,1,4-10,13,16-20H2,2H3,(H,31,39)/t24-,25-/m0/s1. The third-order valence-electron chi connectivity index (χ3n) is 7.95. The first-order valence-corrected chi connectivity index (χ1v) is 14.2. The number of amides is 4. The van der Waals surface area contributed by atoms with Crippen molar-refractivity contribution in [3.63, 3.8) is 0 Å². The monoisotopic (exact) mass is 557 g/mol. The van der Waals surface area contributed by atoms with Crippen LogP contribution in [-0.2, 0) is 25.5 Å². The number of nitrogens with zero attached hydrogens (tertiary/aromatic N) is 4. The van der Waals surface area contributed by atoms with Gasteiger partial charge < -0.3 is 19.9 Å². The highest BCUT2D eigenvalue weighted by Crippen LogP contribution is 2.32. The van der Waals surface area contributed by atoms with Crippen molar-refractivity contribution in [1.29, 1.82) is 0 Å². The summed E-state index contributed by atoms with van der Waals surface area (Å²) >= 11 is 0. The van der Waals surface area contributed by atoms with E-state index in [0.29, 0.717) is 19.3 Å². The molecule has 1 aromatic rings. The summed E-state index contributed by atoms with van der Waals surface area (Å²) in [6, 6.07) is 5.44. The lowest BCUT2D eigenvalue weighted by molar-refractivity contribution is -0.205. The van der Waals surface area contributed by atoms with Crippen LogP contribution in [-0.4, -0.2) is 95.2 Å². The Morgan fingerprint density at radius 2 is 1.88 bits per heavy atom. The van der Waals surface area contributed by atoms with E-state index in [4.69, 9.17) is 4.74 Å². The van der Waals surface area contributed by atoms with Gasteiger partial charge in [0.25, 0.3) is 0 Å². The molecule has 40 heavy (non-hydrogen) atoms. The number of alkyl carbamates (subject to hydrolysis) is 1. The molecule has 2 saturated heterocycles. The molecule has 0 unspecified atom stereocenters. The summed E-state index contributed by atoms with van der Waals surface area (Å²) in [5.41, 5.74) is 0.849. The molecule has 1 saturated carbocycles. The first-order chi connectivity index (χ1) is 19.3. The van der Waals surface area contributed by atoms with Gasteiger partial charge in [-0.05, 0) is 49.8 Å². The first-order valence-electron chi connectivity index (χ1n) is 14.2. The predicted octanol–water partition coefficient (Wildman–Crippen LogP) is 2.84. The molecule has 2 atom stereocenters. The zero-order valence-electron chi connectivity index (χ0n) is 23.2.